The van der Waals surface area contributed by atoms with Gasteiger partial charge in [-0.15, -0.1) is 5.10 Å². The van der Waals surface area contributed by atoms with Crippen molar-refractivity contribution in [1.29, 1.82) is 0 Å². The minimum atomic E-state index is -0.841. The Labute approximate surface area is 108 Å². The molecule has 0 radical (unpaired) electrons. The van der Waals surface area contributed by atoms with Crippen molar-refractivity contribution in [2.24, 2.45) is 10.8 Å². The van der Waals surface area contributed by atoms with Crippen LogP contribution in [0, 0.1) is 0 Å². The van der Waals surface area contributed by atoms with Crippen LogP contribution in [0.25, 0.3) is 11.0 Å². The second-order valence-electron chi connectivity index (χ2n) is 3.67. The lowest BCUT2D eigenvalue weighted by Gasteiger charge is -2.03. The largest absolute Gasteiger partial charge is 0.436 e. The predicted octanol–water partition coefficient (Wildman–Crippen LogP) is 0.276. The number of para-hydroxylation sites is 1. The van der Waals surface area contributed by atoms with Gasteiger partial charge in [-0.1, -0.05) is 18.2 Å². The minimum absolute atomic E-state index is 0.0168. The maximum Gasteiger partial charge on any atom is 0.332 e. The van der Waals surface area contributed by atoms with Gasteiger partial charge in [0.2, 0.25) is 5.55 Å². The number of primary amides is 1. The fourth-order valence-electron chi connectivity index (χ4n) is 1.56. The fourth-order valence-corrected chi connectivity index (χ4v) is 1.56. The second kappa shape index (κ2) is 5.21. The van der Waals surface area contributed by atoms with Crippen molar-refractivity contribution >= 4 is 22.9 Å². The molecule has 0 spiro atoms. The molecular weight excluding hydrogens is 248 g/mol. The second-order valence-corrected chi connectivity index (χ2v) is 3.67. The van der Waals surface area contributed by atoms with Gasteiger partial charge >= 0.3 is 6.03 Å². The van der Waals surface area contributed by atoms with Crippen LogP contribution in [0.1, 0.15) is 10.4 Å². The predicted molar refractivity (Wildman–Crippen MR) is 67.9 cm³/mol. The molecular formula is C12H12N4O3. The maximum atomic E-state index is 11.7. The molecule has 19 heavy (non-hydrogen) atoms. The summed E-state index contributed by atoms with van der Waals surface area (Å²) in [6.07, 6.45) is 0. The molecule has 0 unspecified atom stereocenters. The van der Waals surface area contributed by atoms with Gasteiger partial charge in [0, 0.05) is 12.4 Å². The van der Waals surface area contributed by atoms with Gasteiger partial charge in [-0.25, -0.2) is 10.2 Å². The summed E-state index contributed by atoms with van der Waals surface area (Å²) in [4.78, 5) is 22.4. The average molecular weight is 260 g/mol. The molecule has 4 N–H and O–H groups in total. The first-order chi connectivity index (χ1) is 9.11. The van der Waals surface area contributed by atoms with Gasteiger partial charge in [0.15, 0.2) is 0 Å². The summed E-state index contributed by atoms with van der Waals surface area (Å²) in [5.41, 5.74) is 7.69. The van der Waals surface area contributed by atoms with E-state index in [-0.39, 0.29) is 17.0 Å². The molecule has 0 saturated carbocycles. The van der Waals surface area contributed by atoms with Crippen LogP contribution in [-0.2, 0) is 0 Å². The van der Waals surface area contributed by atoms with Crippen molar-refractivity contribution in [3.8, 4) is 0 Å². The summed E-state index contributed by atoms with van der Waals surface area (Å²) < 4.78 is 5.47. The summed E-state index contributed by atoms with van der Waals surface area (Å²) in [5, 5.41) is 6.89. The van der Waals surface area contributed by atoms with E-state index in [9.17, 15) is 9.59 Å². The molecule has 2 rings (SSSR count). The molecule has 0 aliphatic rings. The molecule has 98 valence electrons. The highest BCUT2D eigenvalue weighted by atomic mass is 16.3. The quantitative estimate of drug-likeness (QED) is 0.674. The Morgan fingerprint density at radius 2 is 2.05 bits per heavy atom. The molecule has 0 atom stereocenters. The lowest BCUT2D eigenvalue weighted by molar-refractivity contribution is 0.0958. The minimum Gasteiger partial charge on any atom is -0.436 e. The van der Waals surface area contributed by atoms with Gasteiger partial charge in [0.25, 0.3) is 5.91 Å². The van der Waals surface area contributed by atoms with E-state index in [4.69, 9.17) is 10.2 Å². The number of carbonyl (C=O) groups excluding carboxylic acids is 2. The molecule has 7 nitrogen and oxygen atoms in total. The van der Waals surface area contributed by atoms with Crippen LogP contribution < -0.4 is 22.0 Å². The number of hydrogen-bond acceptors (Lipinski definition) is 4. The number of nitrogens with zero attached hydrogens (tertiary/aromatic N) is 1. The molecule has 0 bridgehead atoms. The zero-order valence-electron chi connectivity index (χ0n) is 10.1. The van der Waals surface area contributed by atoms with Crippen LogP contribution in [0.4, 0.5) is 4.79 Å². The monoisotopic (exact) mass is 260 g/mol. The summed E-state index contributed by atoms with van der Waals surface area (Å²) in [6, 6.07) is 7.93. The molecule has 7 heteroatoms. The molecule has 0 saturated heterocycles. The van der Waals surface area contributed by atoms with Gasteiger partial charge in [-0.2, -0.15) is 0 Å². The molecule has 1 aromatic heterocycles. The van der Waals surface area contributed by atoms with Crippen molar-refractivity contribution < 1.29 is 14.0 Å². The number of hydrogen-bond donors (Lipinski definition) is 3. The highest BCUT2D eigenvalue weighted by molar-refractivity contribution is 5.96. The number of fused-ring (bicyclic) bond motifs is 1. The molecule has 0 fully saturated rings. The van der Waals surface area contributed by atoms with Crippen LogP contribution in [-0.4, -0.2) is 19.0 Å². The zero-order chi connectivity index (χ0) is 13.8. The summed E-state index contributed by atoms with van der Waals surface area (Å²) in [7, 11) is 1.49. The topological polar surface area (TPSA) is 110 Å². The number of benzene rings is 1. The molecule has 3 amide bonds. The third kappa shape index (κ3) is 2.71. The summed E-state index contributed by atoms with van der Waals surface area (Å²) >= 11 is 0. The number of nitrogens with two attached hydrogens (primary N) is 1. The standard InChI is InChI=1S/C12H12N4O3/c1-14-10(17)8-6-7-4-2-3-5-9(7)19-11(8)15-16-12(13)18/h2-6H,1H3,(H,14,17)(H3,13,16,18). The number of urea groups is 1. The highest BCUT2D eigenvalue weighted by Gasteiger charge is 2.10. The Bertz CT molecular complexity index is 705. The lowest BCUT2D eigenvalue weighted by Crippen LogP contribution is -2.30. The summed E-state index contributed by atoms with van der Waals surface area (Å²) in [5.74, 6) is -0.375. The Balaban J connectivity index is 2.67. The highest BCUT2D eigenvalue weighted by Crippen LogP contribution is 2.12. The summed E-state index contributed by atoms with van der Waals surface area (Å²) in [6.45, 7) is 0. The number of nitrogens with one attached hydrogen (secondary N) is 2. The van der Waals surface area contributed by atoms with E-state index in [2.05, 4.69) is 10.4 Å². The zero-order valence-corrected chi connectivity index (χ0v) is 10.1. The lowest BCUT2D eigenvalue weighted by atomic mass is 10.2. The van der Waals surface area contributed by atoms with E-state index in [1.165, 1.54) is 7.05 Å². The van der Waals surface area contributed by atoms with Crippen LogP contribution >= 0.6 is 0 Å². The average Bonchev–Trinajstić information content (AvgIpc) is 2.43. The van der Waals surface area contributed by atoms with Crippen LogP contribution in [0.5, 0.6) is 0 Å². The third-order valence-electron chi connectivity index (χ3n) is 2.40. The van der Waals surface area contributed by atoms with Crippen LogP contribution in [0.2, 0.25) is 0 Å². The van der Waals surface area contributed by atoms with Crippen molar-refractivity contribution in [2.45, 2.75) is 0 Å². The molecule has 1 aromatic carbocycles. The normalized spacial score (nSPS) is 11.3. The van der Waals surface area contributed by atoms with E-state index in [0.29, 0.717) is 5.58 Å². The van der Waals surface area contributed by atoms with Gasteiger partial charge in [-0.3, -0.25) is 4.79 Å². The smallest absolute Gasteiger partial charge is 0.332 e. The van der Waals surface area contributed by atoms with Gasteiger partial charge < -0.3 is 15.5 Å². The molecule has 2 aromatic rings. The van der Waals surface area contributed by atoms with Crippen LogP contribution in [0.3, 0.4) is 0 Å². The molecule has 0 aliphatic heterocycles. The first-order valence-electron chi connectivity index (χ1n) is 5.46. The van der Waals surface area contributed by atoms with E-state index >= 15 is 0 Å². The van der Waals surface area contributed by atoms with Gasteiger partial charge in [-0.05, 0) is 12.1 Å². The molecule has 1 heterocycles. The SMILES string of the molecule is CNC(=O)c1cc2ccccc2oc1=NNC(N)=O. The van der Waals surface area contributed by atoms with E-state index in [1.807, 2.05) is 11.5 Å². The first kappa shape index (κ1) is 12.6. The van der Waals surface area contributed by atoms with E-state index < -0.39 is 6.03 Å². The van der Waals surface area contributed by atoms with E-state index in [1.54, 1.807) is 24.3 Å². The Morgan fingerprint density at radius 1 is 1.32 bits per heavy atom. The van der Waals surface area contributed by atoms with Gasteiger partial charge in [0.05, 0.1) is 0 Å². The number of rotatable bonds is 2. The first-order valence-corrected chi connectivity index (χ1v) is 5.46. The molecule has 0 aliphatic carbocycles. The van der Waals surface area contributed by atoms with Crippen molar-refractivity contribution in [3.05, 3.63) is 41.4 Å². The number of carbonyl (C=O) groups is 2. The van der Waals surface area contributed by atoms with Gasteiger partial charge in [0.1, 0.15) is 11.1 Å². The van der Waals surface area contributed by atoms with Crippen molar-refractivity contribution in [3.63, 3.8) is 0 Å². The maximum absolute atomic E-state index is 11.7. The number of amides is 3. The Hall–Kier alpha value is -2.83. The van der Waals surface area contributed by atoms with Crippen molar-refractivity contribution in [1.82, 2.24) is 10.7 Å². The third-order valence-corrected chi connectivity index (χ3v) is 2.40. The van der Waals surface area contributed by atoms with Crippen molar-refractivity contribution in [2.75, 3.05) is 7.05 Å². The van der Waals surface area contributed by atoms with E-state index in [0.717, 1.165) is 5.39 Å². The van der Waals surface area contributed by atoms with Crippen LogP contribution in [0.15, 0.2) is 39.9 Å². The Morgan fingerprint density at radius 3 is 2.74 bits per heavy atom. The fraction of sp³-hybridized carbons (Fsp3) is 0.0833. The Kier molecular flexibility index (Phi) is 3.46.